The summed E-state index contributed by atoms with van der Waals surface area (Å²) < 4.78 is 42.4. The zero-order valence-corrected chi connectivity index (χ0v) is 18.6. The molecule has 3 N–H and O–H groups in total. The molecule has 6 nitrogen and oxygen atoms in total. The second-order valence-corrected chi connectivity index (χ2v) is 8.99. The van der Waals surface area contributed by atoms with E-state index < -0.39 is 30.3 Å². The summed E-state index contributed by atoms with van der Waals surface area (Å²) in [6.07, 6.45) is -5.41. The highest BCUT2D eigenvalue weighted by Gasteiger charge is 2.48. The van der Waals surface area contributed by atoms with Crippen LogP contribution in [0.2, 0.25) is 0 Å². The Morgan fingerprint density at radius 3 is 2.65 bits per heavy atom. The van der Waals surface area contributed by atoms with Gasteiger partial charge in [0.05, 0.1) is 16.6 Å². The van der Waals surface area contributed by atoms with Crippen molar-refractivity contribution >= 4 is 44.7 Å². The van der Waals surface area contributed by atoms with Crippen molar-refractivity contribution in [2.24, 2.45) is 0 Å². The van der Waals surface area contributed by atoms with Crippen molar-refractivity contribution in [1.29, 1.82) is 0 Å². The van der Waals surface area contributed by atoms with Crippen molar-refractivity contribution in [3.8, 4) is 0 Å². The fraction of sp³-hybridized carbons (Fsp3) is 0.300. The van der Waals surface area contributed by atoms with Gasteiger partial charge in [0.1, 0.15) is 5.82 Å². The summed E-state index contributed by atoms with van der Waals surface area (Å²) in [6.45, 7) is 1.62. The number of benzene rings is 1. The second kappa shape index (κ2) is 8.29. The van der Waals surface area contributed by atoms with E-state index >= 15 is 0 Å². The lowest BCUT2D eigenvalue weighted by Gasteiger charge is -2.33. The number of nitrogens with zero attached hydrogens (tertiary/aromatic N) is 2. The minimum absolute atomic E-state index is 0.113. The summed E-state index contributed by atoms with van der Waals surface area (Å²) in [4.78, 5) is 13.5. The van der Waals surface area contributed by atoms with Gasteiger partial charge in [-0.2, -0.15) is 18.3 Å². The van der Waals surface area contributed by atoms with Gasteiger partial charge in [0.2, 0.25) is 0 Å². The van der Waals surface area contributed by atoms with Gasteiger partial charge in [0.25, 0.3) is 5.91 Å². The molecule has 3 aromatic rings. The summed E-state index contributed by atoms with van der Waals surface area (Å²) in [7, 11) is 0. The third kappa shape index (κ3) is 4.35. The van der Waals surface area contributed by atoms with Crippen LogP contribution in [0.15, 0.2) is 46.3 Å². The largest absolute Gasteiger partial charge is 0.410 e. The van der Waals surface area contributed by atoms with Crippen LogP contribution in [-0.2, 0) is 0 Å². The van der Waals surface area contributed by atoms with E-state index in [-0.39, 0.29) is 22.4 Å². The zero-order chi connectivity index (χ0) is 22.3. The van der Waals surface area contributed by atoms with Gasteiger partial charge in [-0.1, -0.05) is 18.2 Å². The van der Waals surface area contributed by atoms with Crippen LogP contribution in [0.4, 0.5) is 24.7 Å². The lowest BCUT2D eigenvalue weighted by molar-refractivity contribution is -0.173. The van der Waals surface area contributed by atoms with Crippen LogP contribution >= 0.6 is 27.3 Å². The van der Waals surface area contributed by atoms with Gasteiger partial charge < -0.3 is 15.7 Å². The molecular weight excluding hydrogens is 497 g/mol. The van der Waals surface area contributed by atoms with Crippen LogP contribution in [0.1, 0.15) is 52.5 Å². The van der Waals surface area contributed by atoms with Crippen LogP contribution in [0.5, 0.6) is 0 Å². The summed E-state index contributed by atoms with van der Waals surface area (Å²) in [5.41, 5.74) is 0.959. The number of hydrogen-bond donors (Lipinski definition) is 3. The highest BCUT2D eigenvalue weighted by molar-refractivity contribution is 9.10. The van der Waals surface area contributed by atoms with E-state index in [2.05, 4.69) is 31.7 Å². The maximum atomic E-state index is 13.8. The maximum absolute atomic E-state index is 13.8. The fourth-order valence-electron chi connectivity index (χ4n) is 3.45. The van der Waals surface area contributed by atoms with E-state index in [1.54, 1.807) is 43.3 Å². The van der Waals surface area contributed by atoms with Gasteiger partial charge in [-0.05, 0) is 52.0 Å². The van der Waals surface area contributed by atoms with Gasteiger partial charge in [0, 0.05) is 17.0 Å². The lowest BCUT2D eigenvalue weighted by Crippen LogP contribution is -2.35. The highest BCUT2D eigenvalue weighted by Crippen LogP contribution is 2.46. The molecule has 1 amide bonds. The number of carbonyl (C=O) groups excluding carboxylic acids is 1. The lowest BCUT2D eigenvalue weighted by atomic mass is 10.0. The Hall–Kier alpha value is -2.37. The monoisotopic (exact) mass is 514 g/mol. The molecular formula is C20H18BrF3N4O2S. The summed E-state index contributed by atoms with van der Waals surface area (Å²) in [5, 5.41) is 21.1. The minimum Gasteiger partial charge on any atom is -0.389 e. The molecule has 1 aromatic carbocycles. The third-order valence-corrected chi connectivity index (χ3v) is 6.79. The van der Waals surface area contributed by atoms with Gasteiger partial charge in [-0.25, -0.2) is 4.68 Å². The summed E-state index contributed by atoms with van der Waals surface area (Å²) in [6, 6.07) is 7.67. The first-order chi connectivity index (χ1) is 14.6. The first-order valence-corrected chi connectivity index (χ1v) is 11.1. The Bertz CT molecular complexity index is 1080. The summed E-state index contributed by atoms with van der Waals surface area (Å²) in [5.74, 6) is -0.532. The van der Waals surface area contributed by atoms with Gasteiger partial charge >= 0.3 is 6.18 Å². The minimum atomic E-state index is -4.53. The van der Waals surface area contributed by atoms with Gasteiger partial charge in [0.15, 0.2) is 11.7 Å². The van der Waals surface area contributed by atoms with E-state index in [0.717, 1.165) is 9.56 Å². The summed E-state index contributed by atoms with van der Waals surface area (Å²) >= 11 is 4.63. The SMILES string of the molecule is C[C@H](O)c1ccc(NC(=O)c2nn3c(c2Br)N[C@H](c2cccs2)C[C@@H]3C(F)(F)F)cc1. The molecule has 2 aromatic heterocycles. The van der Waals surface area contributed by atoms with Crippen LogP contribution in [0, 0.1) is 0 Å². The van der Waals surface area contributed by atoms with Crippen LogP contribution in [0.25, 0.3) is 0 Å². The number of alkyl halides is 3. The Morgan fingerprint density at radius 2 is 2.06 bits per heavy atom. The van der Waals surface area contributed by atoms with Crippen LogP contribution in [-0.4, -0.2) is 27.0 Å². The molecule has 31 heavy (non-hydrogen) atoms. The molecule has 11 heteroatoms. The number of carbonyl (C=O) groups is 1. The number of fused-ring (bicyclic) bond motifs is 1. The van der Waals surface area contributed by atoms with Crippen molar-refractivity contribution in [3.05, 3.63) is 62.4 Å². The number of anilines is 2. The molecule has 4 rings (SSSR count). The van der Waals surface area contributed by atoms with E-state index in [4.69, 9.17) is 0 Å². The predicted molar refractivity (Wildman–Crippen MR) is 115 cm³/mol. The molecule has 0 bridgehead atoms. The first kappa shape index (κ1) is 21.8. The normalized spacial score (nSPS) is 19.4. The van der Waals surface area contributed by atoms with Crippen LogP contribution in [0.3, 0.4) is 0 Å². The smallest absolute Gasteiger partial charge is 0.389 e. The average molecular weight is 515 g/mol. The fourth-order valence-corrected chi connectivity index (χ4v) is 4.79. The molecule has 0 unspecified atom stereocenters. The first-order valence-electron chi connectivity index (χ1n) is 9.39. The number of halogens is 4. The molecule has 0 saturated carbocycles. The van der Waals surface area contributed by atoms with Crippen molar-refractivity contribution in [2.45, 2.75) is 37.7 Å². The average Bonchev–Trinajstić information content (AvgIpc) is 3.35. The molecule has 164 valence electrons. The van der Waals surface area contributed by atoms with Gasteiger partial charge in [-0.15, -0.1) is 11.3 Å². The molecule has 0 spiro atoms. The Kier molecular flexibility index (Phi) is 5.84. The van der Waals surface area contributed by atoms with E-state index in [9.17, 15) is 23.1 Å². The number of nitrogens with one attached hydrogen (secondary N) is 2. The molecule has 0 fully saturated rings. The van der Waals surface area contributed by atoms with E-state index in [1.807, 2.05) is 5.38 Å². The van der Waals surface area contributed by atoms with E-state index in [0.29, 0.717) is 11.3 Å². The topological polar surface area (TPSA) is 79.2 Å². The zero-order valence-electron chi connectivity index (χ0n) is 16.2. The number of aliphatic hydroxyl groups is 1. The van der Waals surface area contributed by atoms with Crippen molar-refractivity contribution in [2.75, 3.05) is 10.6 Å². The Labute approximate surface area is 188 Å². The predicted octanol–water partition coefficient (Wildman–Crippen LogP) is 5.67. The van der Waals surface area contributed by atoms with Crippen molar-refractivity contribution < 1.29 is 23.1 Å². The molecule has 0 radical (unpaired) electrons. The molecule has 0 aliphatic carbocycles. The number of rotatable bonds is 4. The standard InChI is InChI=1S/C20H18BrF3N4O2S/c1-10(29)11-4-6-12(7-5-11)25-19(30)17-16(21)18-26-13(14-3-2-8-31-14)9-15(20(22,23)24)28(18)27-17/h2-8,10,13,15,26,29H,9H2,1H3,(H,25,30)/t10-,13-,15+/m0/s1. The van der Waals surface area contributed by atoms with Crippen molar-refractivity contribution in [1.82, 2.24) is 9.78 Å². The third-order valence-electron chi connectivity index (χ3n) is 5.05. The van der Waals surface area contributed by atoms with Crippen LogP contribution < -0.4 is 10.6 Å². The number of amides is 1. The molecule has 0 saturated heterocycles. The number of aliphatic hydroxyl groups excluding tert-OH is 1. The quantitative estimate of drug-likeness (QED) is 0.418. The van der Waals surface area contributed by atoms with Crippen molar-refractivity contribution in [3.63, 3.8) is 0 Å². The van der Waals surface area contributed by atoms with Gasteiger partial charge in [-0.3, -0.25) is 4.79 Å². The highest BCUT2D eigenvalue weighted by atomic mass is 79.9. The number of hydrogen-bond acceptors (Lipinski definition) is 5. The Morgan fingerprint density at radius 1 is 1.35 bits per heavy atom. The molecule has 3 heterocycles. The maximum Gasteiger partial charge on any atom is 0.410 e. The Balaban J connectivity index is 1.64. The molecule has 1 aliphatic heterocycles. The number of aromatic nitrogens is 2. The second-order valence-electron chi connectivity index (χ2n) is 7.21. The molecule has 3 atom stereocenters. The van der Waals surface area contributed by atoms with E-state index in [1.165, 1.54) is 11.3 Å². The number of thiophene rings is 1. The molecule has 1 aliphatic rings.